The van der Waals surface area contributed by atoms with Crippen molar-refractivity contribution in [3.8, 4) is 16.9 Å². The van der Waals surface area contributed by atoms with E-state index in [0.717, 1.165) is 46.9 Å². The van der Waals surface area contributed by atoms with E-state index in [1.807, 2.05) is 6.07 Å². The molecule has 1 saturated heterocycles. The lowest BCUT2D eigenvalue weighted by molar-refractivity contribution is -0.117. The summed E-state index contributed by atoms with van der Waals surface area (Å²) in [4.78, 5) is 19.0. The third-order valence-electron chi connectivity index (χ3n) is 6.40. The Labute approximate surface area is 183 Å². The quantitative estimate of drug-likeness (QED) is 0.702. The minimum Gasteiger partial charge on any atom is -0.508 e. The molecule has 30 heavy (non-hydrogen) atoms. The van der Waals surface area contributed by atoms with E-state index >= 15 is 0 Å². The lowest BCUT2D eigenvalue weighted by Gasteiger charge is -2.25. The summed E-state index contributed by atoms with van der Waals surface area (Å²) in [7, 11) is 0. The molecule has 4 rings (SSSR count). The summed E-state index contributed by atoms with van der Waals surface area (Å²) in [6.07, 6.45) is 4.00. The molecule has 1 amide bonds. The number of hydrogen-bond acceptors (Lipinski definition) is 4. The van der Waals surface area contributed by atoms with E-state index in [4.69, 9.17) is 0 Å². The number of benzene rings is 2. The van der Waals surface area contributed by atoms with Gasteiger partial charge in [-0.25, -0.2) is 0 Å². The van der Waals surface area contributed by atoms with Crippen molar-refractivity contribution in [3.63, 3.8) is 0 Å². The topological polar surface area (TPSA) is 52.9 Å². The summed E-state index contributed by atoms with van der Waals surface area (Å²) in [5.41, 5.74) is 4.22. The monoisotopic (exact) mass is 422 g/mol. The van der Waals surface area contributed by atoms with Gasteiger partial charge in [0.15, 0.2) is 5.17 Å². The first-order valence-electron chi connectivity index (χ1n) is 10.8. The van der Waals surface area contributed by atoms with Crippen molar-refractivity contribution in [1.29, 1.82) is 0 Å². The molecule has 1 atom stereocenters. The van der Waals surface area contributed by atoms with Crippen LogP contribution in [0.2, 0.25) is 0 Å². The van der Waals surface area contributed by atoms with Crippen LogP contribution in [-0.2, 0) is 16.6 Å². The van der Waals surface area contributed by atoms with E-state index in [-0.39, 0.29) is 16.6 Å². The number of aliphatic imine (C=N–C) groups is 1. The maximum atomic E-state index is 12.5. The highest BCUT2D eigenvalue weighted by atomic mass is 32.2. The van der Waals surface area contributed by atoms with E-state index in [0.29, 0.717) is 12.2 Å². The van der Waals surface area contributed by atoms with Crippen molar-refractivity contribution in [3.05, 3.63) is 53.6 Å². The Morgan fingerprint density at radius 1 is 1.13 bits per heavy atom. The van der Waals surface area contributed by atoms with Crippen LogP contribution in [0.15, 0.2) is 47.5 Å². The molecule has 1 unspecified atom stereocenters. The third-order valence-corrected chi connectivity index (χ3v) is 7.61. The van der Waals surface area contributed by atoms with Crippen LogP contribution in [0.25, 0.3) is 11.1 Å². The molecule has 2 aromatic rings. The molecular formula is C25H30N2O2S. The Balaban J connectivity index is 1.53. The van der Waals surface area contributed by atoms with E-state index in [9.17, 15) is 9.90 Å². The van der Waals surface area contributed by atoms with Crippen LogP contribution in [0.5, 0.6) is 5.75 Å². The zero-order chi connectivity index (χ0) is 21.3. The Morgan fingerprint density at radius 3 is 2.60 bits per heavy atom. The van der Waals surface area contributed by atoms with Gasteiger partial charge in [-0.3, -0.25) is 4.79 Å². The first-order valence-corrected chi connectivity index (χ1v) is 11.7. The second-order valence-electron chi connectivity index (χ2n) is 8.91. The third kappa shape index (κ3) is 4.27. The molecule has 4 nitrogen and oxygen atoms in total. The van der Waals surface area contributed by atoms with Gasteiger partial charge in [-0.2, -0.15) is 4.99 Å². The van der Waals surface area contributed by atoms with E-state index in [1.54, 1.807) is 17.8 Å². The Morgan fingerprint density at radius 2 is 1.87 bits per heavy atom. The van der Waals surface area contributed by atoms with Crippen molar-refractivity contribution in [2.45, 2.75) is 57.1 Å². The molecule has 158 valence electrons. The van der Waals surface area contributed by atoms with E-state index in [1.165, 1.54) is 12.8 Å². The van der Waals surface area contributed by atoms with Gasteiger partial charge in [-0.1, -0.05) is 62.9 Å². The fourth-order valence-electron chi connectivity index (χ4n) is 4.09. The molecule has 0 bridgehead atoms. The van der Waals surface area contributed by atoms with Crippen LogP contribution in [0, 0.1) is 0 Å². The van der Waals surface area contributed by atoms with Crippen molar-refractivity contribution in [2.75, 3.05) is 13.1 Å². The standard InChI is InChI=1S/C25H30N2O2S/c1-4-25(2,3)20-16-19(10-11-21(20)28)18-9-7-8-17(14-18)15-22-23(29)26-24(30-22)27-12-5-6-13-27/h7-11,14,16,22,28H,4-6,12-13,15H2,1-3H3. The molecule has 0 aromatic heterocycles. The molecule has 1 fully saturated rings. The number of carbonyl (C=O) groups is 1. The Hall–Kier alpha value is -2.27. The predicted octanol–water partition coefficient (Wildman–Crippen LogP) is 5.38. The Bertz CT molecular complexity index is 977. The molecule has 2 aliphatic heterocycles. The number of phenolic OH excluding ortho intramolecular Hbond substituents is 1. The van der Waals surface area contributed by atoms with E-state index in [2.05, 4.69) is 61.0 Å². The molecule has 2 heterocycles. The van der Waals surface area contributed by atoms with Crippen LogP contribution in [0.1, 0.15) is 51.2 Å². The molecular weight excluding hydrogens is 392 g/mol. The normalized spacial score (nSPS) is 19.4. The molecule has 0 radical (unpaired) electrons. The number of hydrogen-bond donors (Lipinski definition) is 1. The van der Waals surface area contributed by atoms with Gasteiger partial charge >= 0.3 is 0 Å². The second-order valence-corrected chi connectivity index (χ2v) is 10.1. The van der Waals surface area contributed by atoms with Crippen LogP contribution < -0.4 is 0 Å². The number of amidine groups is 1. The highest BCUT2D eigenvalue weighted by molar-refractivity contribution is 8.15. The van der Waals surface area contributed by atoms with Gasteiger partial charge in [0.05, 0.1) is 5.25 Å². The minimum absolute atomic E-state index is 0.0103. The number of carbonyl (C=O) groups excluding carboxylic acids is 1. The summed E-state index contributed by atoms with van der Waals surface area (Å²) in [5, 5.41) is 11.2. The summed E-state index contributed by atoms with van der Waals surface area (Å²) < 4.78 is 0. The number of thioether (sulfide) groups is 1. The smallest absolute Gasteiger partial charge is 0.262 e. The first-order chi connectivity index (χ1) is 14.4. The van der Waals surface area contributed by atoms with Crippen molar-refractivity contribution in [1.82, 2.24) is 4.90 Å². The zero-order valence-electron chi connectivity index (χ0n) is 18.0. The van der Waals surface area contributed by atoms with Gasteiger partial charge < -0.3 is 10.0 Å². The van der Waals surface area contributed by atoms with Crippen LogP contribution in [0.4, 0.5) is 0 Å². The molecule has 2 aromatic carbocycles. The molecule has 2 aliphatic rings. The number of likely N-dealkylation sites (tertiary alicyclic amines) is 1. The van der Waals surface area contributed by atoms with Gasteiger partial charge in [0.2, 0.25) is 0 Å². The maximum Gasteiger partial charge on any atom is 0.262 e. The van der Waals surface area contributed by atoms with Crippen LogP contribution in [-0.4, -0.2) is 39.4 Å². The first kappa shape index (κ1) is 21.0. The maximum absolute atomic E-state index is 12.5. The molecule has 0 spiro atoms. The SMILES string of the molecule is CCC(C)(C)c1cc(-c2cccc(CC3SC(N4CCCC4)=NC3=O)c2)ccc1O. The average Bonchev–Trinajstić information content (AvgIpc) is 3.39. The highest BCUT2D eigenvalue weighted by Gasteiger charge is 2.32. The predicted molar refractivity (Wildman–Crippen MR) is 125 cm³/mol. The largest absolute Gasteiger partial charge is 0.508 e. The summed E-state index contributed by atoms with van der Waals surface area (Å²) in [6, 6.07) is 14.2. The fraction of sp³-hybridized carbons (Fsp3) is 0.440. The number of rotatable bonds is 5. The van der Waals surface area contributed by atoms with Crippen LogP contribution >= 0.6 is 11.8 Å². The summed E-state index contributed by atoms with van der Waals surface area (Å²) >= 11 is 1.62. The van der Waals surface area contributed by atoms with Gasteiger partial charge in [0, 0.05) is 18.7 Å². The fourth-order valence-corrected chi connectivity index (χ4v) is 5.25. The van der Waals surface area contributed by atoms with Crippen molar-refractivity contribution < 1.29 is 9.90 Å². The number of amides is 1. The summed E-state index contributed by atoms with van der Waals surface area (Å²) in [5.74, 6) is 0.338. The number of phenols is 1. The van der Waals surface area contributed by atoms with Gasteiger partial charge in [0.1, 0.15) is 5.75 Å². The molecule has 5 heteroatoms. The van der Waals surface area contributed by atoms with Crippen molar-refractivity contribution >= 4 is 22.8 Å². The molecule has 1 N–H and O–H groups in total. The summed E-state index contributed by atoms with van der Waals surface area (Å²) in [6.45, 7) is 8.48. The van der Waals surface area contributed by atoms with Crippen molar-refractivity contribution in [2.24, 2.45) is 4.99 Å². The zero-order valence-corrected chi connectivity index (χ0v) is 18.8. The van der Waals surface area contributed by atoms with Crippen LogP contribution in [0.3, 0.4) is 0 Å². The molecule has 0 aliphatic carbocycles. The van der Waals surface area contributed by atoms with Gasteiger partial charge in [-0.05, 0) is 59.9 Å². The van der Waals surface area contributed by atoms with Gasteiger partial charge in [0.25, 0.3) is 5.91 Å². The second kappa shape index (κ2) is 8.46. The average molecular weight is 423 g/mol. The lowest BCUT2D eigenvalue weighted by atomic mass is 9.80. The van der Waals surface area contributed by atoms with Gasteiger partial charge in [-0.15, -0.1) is 0 Å². The van der Waals surface area contributed by atoms with E-state index < -0.39 is 0 Å². The number of nitrogens with zero attached hydrogens (tertiary/aromatic N) is 2. The Kier molecular flexibility index (Phi) is 5.92. The lowest BCUT2D eigenvalue weighted by Crippen LogP contribution is -2.24. The number of aromatic hydroxyl groups is 1. The molecule has 0 saturated carbocycles. The minimum atomic E-state index is -0.134. The highest BCUT2D eigenvalue weighted by Crippen LogP contribution is 2.37.